The van der Waals surface area contributed by atoms with Gasteiger partial charge in [-0.25, -0.2) is 0 Å². The third-order valence-electron chi connectivity index (χ3n) is 3.09. The number of methoxy groups -OCH3 is 1. The zero-order valence-corrected chi connectivity index (χ0v) is 10.4. The van der Waals surface area contributed by atoms with Gasteiger partial charge in [0.05, 0.1) is 20.3 Å². The van der Waals surface area contributed by atoms with Crippen LogP contribution < -0.4 is 4.74 Å². The summed E-state index contributed by atoms with van der Waals surface area (Å²) in [6, 6.07) is 3.75. The number of phenols is 1. The molecule has 94 valence electrons. The zero-order valence-electron chi connectivity index (χ0n) is 10.4. The van der Waals surface area contributed by atoms with Gasteiger partial charge in [0.2, 0.25) is 0 Å². The van der Waals surface area contributed by atoms with Crippen LogP contribution in [0.3, 0.4) is 0 Å². The first-order chi connectivity index (χ1) is 8.20. The number of morpholine rings is 1. The Morgan fingerprint density at radius 1 is 1.35 bits per heavy atom. The molecule has 1 aromatic carbocycles. The van der Waals surface area contributed by atoms with Crippen molar-refractivity contribution in [3.63, 3.8) is 0 Å². The average Bonchev–Trinajstić information content (AvgIpc) is 2.36. The predicted octanol–water partition coefficient (Wildman–Crippen LogP) is 1.54. The van der Waals surface area contributed by atoms with Crippen molar-refractivity contribution >= 4 is 0 Å². The van der Waals surface area contributed by atoms with Crippen molar-refractivity contribution in [1.29, 1.82) is 0 Å². The Hall–Kier alpha value is -1.26. The minimum atomic E-state index is 0.372. The molecule has 1 N–H and O–H groups in total. The van der Waals surface area contributed by atoms with Gasteiger partial charge in [0.25, 0.3) is 0 Å². The Kier molecular flexibility index (Phi) is 3.86. The molecule has 0 bridgehead atoms. The topological polar surface area (TPSA) is 41.9 Å². The van der Waals surface area contributed by atoms with Crippen LogP contribution in [0.5, 0.6) is 11.5 Å². The smallest absolute Gasteiger partial charge is 0.123 e. The minimum absolute atomic E-state index is 0.372. The highest BCUT2D eigenvalue weighted by Gasteiger charge is 2.14. The number of phenolic OH excluding ortho intramolecular Hbond substituents is 1. The molecule has 4 nitrogen and oxygen atoms in total. The Labute approximate surface area is 102 Å². The molecule has 0 unspecified atom stereocenters. The number of aromatic hydroxyl groups is 1. The van der Waals surface area contributed by atoms with Crippen LogP contribution in [0, 0.1) is 6.92 Å². The quantitative estimate of drug-likeness (QED) is 0.866. The van der Waals surface area contributed by atoms with E-state index in [1.54, 1.807) is 7.11 Å². The molecule has 1 aliphatic rings. The van der Waals surface area contributed by atoms with Crippen LogP contribution in [0.1, 0.15) is 11.1 Å². The lowest BCUT2D eigenvalue weighted by Crippen LogP contribution is -2.35. The normalized spacial score (nSPS) is 17.1. The summed E-state index contributed by atoms with van der Waals surface area (Å²) in [5.41, 5.74) is 1.77. The Morgan fingerprint density at radius 3 is 2.71 bits per heavy atom. The third kappa shape index (κ3) is 2.90. The summed E-state index contributed by atoms with van der Waals surface area (Å²) in [4.78, 5) is 2.28. The van der Waals surface area contributed by atoms with E-state index in [4.69, 9.17) is 9.47 Å². The first kappa shape index (κ1) is 12.2. The van der Waals surface area contributed by atoms with Gasteiger partial charge < -0.3 is 14.6 Å². The van der Waals surface area contributed by atoms with E-state index in [2.05, 4.69) is 4.90 Å². The van der Waals surface area contributed by atoms with Gasteiger partial charge in [-0.2, -0.15) is 0 Å². The molecular weight excluding hydrogens is 218 g/mol. The first-order valence-electron chi connectivity index (χ1n) is 5.87. The number of hydrogen-bond donors (Lipinski definition) is 1. The molecule has 1 aliphatic heterocycles. The number of hydrogen-bond acceptors (Lipinski definition) is 4. The maximum Gasteiger partial charge on any atom is 0.123 e. The van der Waals surface area contributed by atoms with Crippen LogP contribution >= 0.6 is 0 Å². The van der Waals surface area contributed by atoms with E-state index in [0.717, 1.165) is 49.7 Å². The Balaban J connectivity index is 2.15. The fourth-order valence-corrected chi connectivity index (χ4v) is 2.06. The van der Waals surface area contributed by atoms with E-state index in [1.165, 1.54) is 0 Å². The van der Waals surface area contributed by atoms with Gasteiger partial charge in [0, 0.05) is 25.2 Å². The molecule has 1 aromatic rings. The second kappa shape index (κ2) is 5.38. The number of benzene rings is 1. The largest absolute Gasteiger partial charge is 0.507 e. The highest BCUT2D eigenvalue weighted by Crippen LogP contribution is 2.28. The summed E-state index contributed by atoms with van der Waals surface area (Å²) in [7, 11) is 1.64. The molecule has 1 saturated heterocycles. The molecule has 0 atom stereocenters. The fraction of sp³-hybridized carbons (Fsp3) is 0.538. The van der Waals surface area contributed by atoms with Gasteiger partial charge in [-0.15, -0.1) is 0 Å². The number of rotatable bonds is 3. The van der Waals surface area contributed by atoms with E-state index in [1.807, 2.05) is 19.1 Å². The lowest BCUT2D eigenvalue weighted by Gasteiger charge is -2.27. The molecule has 1 heterocycles. The SMILES string of the molecule is COc1cc(C)c(O)c(CN2CCOCC2)c1. The van der Waals surface area contributed by atoms with Crippen molar-refractivity contribution in [2.45, 2.75) is 13.5 Å². The summed E-state index contributed by atoms with van der Waals surface area (Å²) in [5, 5.41) is 10.0. The highest BCUT2D eigenvalue weighted by molar-refractivity contribution is 5.45. The molecule has 0 spiro atoms. The number of aryl methyl sites for hydroxylation is 1. The van der Waals surface area contributed by atoms with Crippen molar-refractivity contribution in [2.75, 3.05) is 33.4 Å². The molecule has 4 heteroatoms. The van der Waals surface area contributed by atoms with E-state index in [-0.39, 0.29) is 0 Å². The number of nitrogens with zero attached hydrogens (tertiary/aromatic N) is 1. The van der Waals surface area contributed by atoms with Gasteiger partial charge in [-0.3, -0.25) is 4.90 Å². The molecular formula is C13H19NO3. The molecule has 0 aromatic heterocycles. The first-order valence-corrected chi connectivity index (χ1v) is 5.87. The molecule has 1 fully saturated rings. The summed E-state index contributed by atoms with van der Waals surface area (Å²) >= 11 is 0. The molecule has 0 amide bonds. The maximum atomic E-state index is 10.0. The van der Waals surface area contributed by atoms with Crippen LogP contribution in [0.4, 0.5) is 0 Å². The van der Waals surface area contributed by atoms with Gasteiger partial charge >= 0.3 is 0 Å². The van der Waals surface area contributed by atoms with Crippen molar-refractivity contribution in [3.8, 4) is 11.5 Å². The lowest BCUT2D eigenvalue weighted by molar-refractivity contribution is 0.0338. The fourth-order valence-electron chi connectivity index (χ4n) is 2.06. The highest BCUT2D eigenvalue weighted by atomic mass is 16.5. The van der Waals surface area contributed by atoms with E-state index < -0.39 is 0 Å². The minimum Gasteiger partial charge on any atom is -0.507 e. The summed E-state index contributed by atoms with van der Waals surface area (Å²) in [5.74, 6) is 1.17. The molecule has 0 aliphatic carbocycles. The molecule has 0 saturated carbocycles. The standard InChI is InChI=1S/C13H19NO3/c1-10-7-12(16-2)8-11(13(10)15)9-14-3-5-17-6-4-14/h7-8,15H,3-6,9H2,1-2H3. The van der Waals surface area contributed by atoms with Crippen molar-refractivity contribution < 1.29 is 14.6 Å². The van der Waals surface area contributed by atoms with Gasteiger partial charge in [0.1, 0.15) is 11.5 Å². The van der Waals surface area contributed by atoms with Crippen molar-refractivity contribution in [1.82, 2.24) is 4.90 Å². The predicted molar refractivity (Wildman–Crippen MR) is 65.5 cm³/mol. The van der Waals surface area contributed by atoms with Crippen LogP contribution in [-0.2, 0) is 11.3 Å². The van der Waals surface area contributed by atoms with E-state index in [9.17, 15) is 5.11 Å². The van der Waals surface area contributed by atoms with Crippen molar-refractivity contribution in [2.24, 2.45) is 0 Å². The van der Waals surface area contributed by atoms with Gasteiger partial charge in [-0.1, -0.05) is 0 Å². The second-order valence-electron chi connectivity index (χ2n) is 4.34. The van der Waals surface area contributed by atoms with Gasteiger partial charge in [0.15, 0.2) is 0 Å². The zero-order chi connectivity index (χ0) is 12.3. The van der Waals surface area contributed by atoms with Crippen LogP contribution in [0.25, 0.3) is 0 Å². The van der Waals surface area contributed by atoms with Crippen LogP contribution in [0.15, 0.2) is 12.1 Å². The summed E-state index contributed by atoms with van der Waals surface area (Å²) in [6.45, 7) is 5.99. The van der Waals surface area contributed by atoms with E-state index >= 15 is 0 Å². The monoisotopic (exact) mass is 237 g/mol. The average molecular weight is 237 g/mol. The maximum absolute atomic E-state index is 10.0. The lowest BCUT2D eigenvalue weighted by atomic mass is 10.1. The second-order valence-corrected chi connectivity index (χ2v) is 4.34. The number of ether oxygens (including phenoxy) is 2. The molecule has 0 radical (unpaired) electrons. The third-order valence-corrected chi connectivity index (χ3v) is 3.09. The summed E-state index contributed by atoms with van der Waals surface area (Å²) < 4.78 is 10.5. The van der Waals surface area contributed by atoms with Crippen LogP contribution in [0.2, 0.25) is 0 Å². The van der Waals surface area contributed by atoms with Gasteiger partial charge in [-0.05, 0) is 24.6 Å². The molecule has 2 rings (SSSR count). The van der Waals surface area contributed by atoms with E-state index in [0.29, 0.717) is 5.75 Å². The van der Waals surface area contributed by atoms with Crippen molar-refractivity contribution in [3.05, 3.63) is 23.3 Å². The summed E-state index contributed by atoms with van der Waals surface area (Å²) in [6.07, 6.45) is 0. The Bertz CT molecular complexity index is 386. The van der Waals surface area contributed by atoms with Crippen LogP contribution in [-0.4, -0.2) is 43.4 Å². The Morgan fingerprint density at radius 2 is 2.06 bits per heavy atom. The molecule has 17 heavy (non-hydrogen) atoms.